The van der Waals surface area contributed by atoms with Crippen molar-refractivity contribution in [1.82, 2.24) is 14.8 Å². The number of amides is 2. The quantitative estimate of drug-likeness (QED) is 0.604. The molecule has 2 unspecified atom stereocenters. The summed E-state index contributed by atoms with van der Waals surface area (Å²) in [6.45, 7) is 7.01. The highest BCUT2D eigenvalue weighted by Crippen LogP contribution is 2.46. The van der Waals surface area contributed by atoms with Gasteiger partial charge in [0.1, 0.15) is 40.3 Å². The highest BCUT2D eigenvalue weighted by Gasteiger charge is 2.42. The third-order valence-corrected chi connectivity index (χ3v) is 7.61. The van der Waals surface area contributed by atoms with E-state index in [0.29, 0.717) is 26.1 Å². The van der Waals surface area contributed by atoms with Crippen LogP contribution in [-0.2, 0) is 4.79 Å². The second-order valence-electron chi connectivity index (χ2n) is 9.27. The van der Waals surface area contributed by atoms with E-state index in [4.69, 9.17) is 22.1 Å². The lowest BCUT2D eigenvalue weighted by Gasteiger charge is -2.39. The summed E-state index contributed by atoms with van der Waals surface area (Å²) < 4.78 is 21.0. The van der Waals surface area contributed by atoms with Crippen LogP contribution in [0, 0.1) is 5.82 Å². The van der Waals surface area contributed by atoms with Crippen molar-refractivity contribution in [3.63, 3.8) is 0 Å². The fourth-order valence-corrected chi connectivity index (χ4v) is 5.45. The summed E-state index contributed by atoms with van der Waals surface area (Å²) in [6.07, 6.45) is 1.92. The number of carbonyl (C=O) groups excluding carboxylic acids is 2. The minimum atomic E-state index is -0.711. The van der Waals surface area contributed by atoms with Crippen LogP contribution >= 0.6 is 11.6 Å². The molecule has 0 aliphatic carbocycles. The van der Waals surface area contributed by atoms with Gasteiger partial charge in [0.2, 0.25) is 5.91 Å². The molecular formula is C25H27ClFN5O4. The van der Waals surface area contributed by atoms with Crippen molar-refractivity contribution in [3.05, 3.63) is 47.3 Å². The first-order valence-electron chi connectivity index (χ1n) is 11.8. The summed E-state index contributed by atoms with van der Waals surface area (Å²) in [6, 6.07) is 3.19. The van der Waals surface area contributed by atoms with Gasteiger partial charge in [-0.25, -0.2) is 9.37 Å². The molecule has 3 N–H and O–H groups in total. The zero-order valence-corrected chi connectivity index (χ0v) is 20.5. The summed E-state index contributed by atoms with van der Waals surface area (Å²) in [5.74, 6) is -1.24. The lowest BCUT2D eigenvalue weighted by atomic mass is 10.0. The van der Waals surface area contributed by atoms with Crippen LogP contribution in [0.25, 0.3) is 11.3 Å². The smallest absolute Gasteiger partial charge is 0.261 e. The van der Waals surface area contributed by atoms with Crippen molar-refractivity contribution < 1.29 is 23.8 Å². The Kier molecular flexibility index (Phi) is 6.25. The van der Waals surface area contributed by atoms with Gasteiger partial charge in [0, 0.05) is 38.3 Å². The number of aromatic hydroxyl groups is 1. The number of nitrogens with two attached hydrogens (primary N) is 1. The Morgan fingerprint density at radius 1 is 1.31 bits per heavy atom. The summed E-state index contributed by atoms with van der Waals surface area (Å²) in [4.78, 5) is 36.0. The van der Waals surface area contributed by atoms with Crippen LogP contribution < -0.4 is 15.4 Å². The predicted octanol–water partition coefficient (Wildman–Crippen LogP) is 2.40. The molecule has 36 heavy (non-hydrogen) atoms. The topological polar surface area (TPSA) is 112 Å². The van der Waals surface area contributed by atoms with E-state index in [2.05, 4.69) is 11.6 Å². The van der Waals surface area contributed by atoms with E-state index in [1.807, 2.05) is 11.8 Å². The number of ether oxygens (including phenoxy) is 1. The molecule has 0 bridgehead atoms. The Morgan fingerprint density at radius 3 is 2.75 bits per heavy atom. The number of phenols is 1. The number of anilines is 1. The molecule has 1 aromatic carbocycles. The van der Waals surface area contributed by atoms with Crippen LogP contribution in [0.15, 0.2) is 30.9 Å². The predicted molar refractivity (Wildman–Crippen MR) is 133 cm³/mol. The van der Waals surface area contributed by atoms with Crippen LogP contribution in [0.4, 0.5) is 10.2 Å². The second kappa shape index (κ2) is 9.25. The highest BCUT2D eigenvalue weighted by atomic mass is 35.5. The fourth-order valence-electron chi connectivity index (χ4n) is 5.16. The Labute approximate surface area is 212 Å². The molecule has 3 atom stereocenters. The average molecular weight is 516 g/mol. The maximum atomic E-state index is 14.9. The highest BCUT2D eigenvalue weighted by molar-refractivity contribution is 6.35. The number of pyridine rings is 1. The SMILES string of the molecule is C=CC(=O)N1CCN2C(=O)c3c(N4CCC(N)[C@@H]4C)nc(-c4c(O)cccc4F)c(Cl)c3OCC2C1. The van der Waals surface area contributed by atoms with Gasteiger partial charge >= 0.3 is 0 Å². The molecule has 0 radical (unpaired) electrons. The first-order chi connectivity index (χ1) is 17.2. The molecule has 2 fully saturated rings. The molecule has 0 spiro atoms. The number of piperazine rings is 1. The van der Waals surface area contributed by atoms with Gasteiger partial charge in [-0.1, -0.05) is 24.2 Å². The molecule has 1 aromatic heterocycles. The van der Waals surface area contributed by atoms with E-state index in [0.717, 1.165) is 0 Å². The lowest BCUT2D eigenvalue weighted by molar-refractivity contribution is -0.128. The number of aromatic nitrogens is 1. The first-order valence-corrected chi connectivity index (χ1v) is 12.2. The molecule has 3 aliphatic heterocycles. The Hall–Kier alpha value is -3.37. The van der Waals surface area contributed by atoms with Crippen molar-refractivity contribution in [2.24, 2.45) is 5.73 Å². The number of hydrogen-bond acceptors (Lipinski definition) is 7. The molecule has 2 saturated heterocycles. The number of rotatable bonds is 3. The van der Waals surface area contributed by atoms with Crippen molar-refractivity contribution in [1.29, 1.82) is 0 Å². The van der Waals surface area contributed by atoms with E-state index in [-0.39, 0.29) is 76.2 Å². The number of halogens is 2. The van der Waals surface area contributed by atoms with Gasteiger partial charge in [-0.05, 0) is 31.6 Å². The Morgan fingerprint density at radius 2 is 2.08 bits per heavy atom. The summed E-state index contributed by atoms with van der Waals surface area (Å²) in [5.41, 5.74) is 6.24. The van der Waals surface area contributed by atoms with Gasteiger partial charge in [-0.15, -0.1) is 0 Å². The minimum absolute atomic E-state index is 0.0233. The van der Waals surface area contributed by atoms with Crippen molar-refractivity contribution >= 4 is 29.2 Å². The van der Waals surface area contributed by atoms with Crippen LogP contribution in [0.3, 0.4) is 0 Å². The van der Waals surface area contributed by atoms with Gasteiger partial charge in [-0.2, -0.15) is 0 Å². The van der Waals surface area contributed by atoms with Gasteiger partial charge < -0.3 is 30.3 Å². The third-order valence-electron chi connectivity index (χ3n) is 7.25. The Bertz CT molecular complexity index is 1240. The van der Waals surface area contributed by atoms with Crippen molar-refractivity contribution in [3.8, 4) is 22.8 Å². The molecular weight excluding hydrogens is 489 g/mol. The second-order valence-corrected chi connectivity index (χ2v) is 9.65. The summed E-state index contributed by atoms with van der Waals surface area (Å²) in [5, 5.41) is 10.4. The normalized spacial score (nSPS) is 23.6. The first kappa shape index (κ1) is 24.3. The molecule has 0 saturated carbocycles. The maximum absolute atomic E-state index is 14.9. The molecule has 9 nitrogen and oxygen atoms in total. The molecule has 190 valence electrons. The van der Waals surface area contributed by atoms with E-state index in [9.17, 15) is 19.1 Å². The zero-order chi connectivity index (χ0) is 25.7. The van der Waals surface area contributed by atoms with E-state index in [1.54, 1.807) is 9.80 Å². The number of carbonyl (C=O) groups is 2. The molecule has 5 rings (SSSR count). The maximum Gasteiger partial charge on any atom is 0.261 e. The molecule has 2 aromatic rings. The van der Waals surface area contributed by atoms with Crippen molar-refractivity contribution in [2.75, 3.05) is 37.7 Å². The van der Waals surface area contributed by atoms with Gasteiger partial charge in [0.05, 0.1) is 11.6 Å². The monoisotopic (exact) mass is 515 g/mol. The van der Waals surface area contributed by atoms with Crippen molar-refractivity contribution in [2.45, 2.75) is 31.5 Å². The number of nitrogens with zero attached hydrogens (tertiary/aromatic N) is 4. The molecule has 3 aliphatic rings. The average Bonchev–Trinajstić information content (AvgIpc) is 3.11. The van der Waals surface area contributed by atoms with Crippen LogP contribution in [-0.4, -0.2) is 82.6 Å². The number of hydrogen-bond donors (Lipinski definition) is 2. The van der Waals surface area contributed by atoms with Gasteiger partial charge in [-0.3, -0.25) is 9.59 Å². The largest absolute Gasteiger partial charge is 0.507 e. The van der Waals surface area contributed by atoms with E-state index < -0.39 is 11.9 Å². The fraction of sp³-hybridized carbons (Fsp3) is 0.400. The van der Waals surface area contributed by atoms with Gasteiger partial charge in [0.25, 0.3) is 5.91 Å². The standard InChI is InChI=1S/C25H27ClFN5O4/c1-3-18(34)30-9-10-32-14(11-30)12-36-23-20(25(32)35)24(31-8-7-16(28)13(31)2)29-22(21(23)26)19-15(27)5-4-6-17(19)33/h3-6,13-14,16,33H,1,7-12,28H2,2H3/t13-,14?,16?/m0/s1. The van der Waals surface area contributed by atoms with Crippen LogP contribution in [0.1, 0.15) is 23.7 Å². The number of benzene rings is 1. The minimum Gasteiger partial charge on any atom is -0.507 e. The van der Waals surface area contributed by atoms with Gasteiger partial charge in [0.15, 0.2) is 5.75 Å². The van der Waals surface area contributed by atoms with E-state index >= 15 is 0 Å². The zero-order valence-electron chi connectivity index (χ0n) is 19.8. The molecule has 2 amide bonds. The summed E-state index contributed by atoms with van der Waals surface area (Å²) >= 11 is 6.73. The molecule has 4 heterocycles. The lowest BCUT2D eigenvalue weighted by Crippen LogP contribution is -2.57. The Balaban J connectivity index is 1.67. The molecule has 11 heteroatoms. The van der Waals surface area contributed by atoms with Crippen LogP contribution in [0.2, 0.25) is 5.02 Å². The summed E-state index contributed by atoms with van der Waals surface area (Å²) in [7, 11) is 0. The number of phenolic OH excluding ortho intramolecular Hbond substituents is 1. The number of fused-ring (bicyclic) bond motifs is 2. The van der Waals surface area contributed by atoms with E-state index in [1.165, 1.54) is 24.3 Å². The van der Waals surface area contributed by atoms with Crippen LogP contribution in [0.5, 0.6) is 11.5 Å². The third kappa shape index (κ3) is 3.84.